The van der Waals surface area contributed by atoms with Crippen LogP contribution in [0.2, 0.25) is 0 Å². The van der Waals surface area contributed by atoms with E-state index in [0.717, 1.165) is 18.4 Å². The number of rotatable bonds is 8. The maximum Gasteiger partial charge on any atom is 0.133 e. The summed E-state index contributed by atoms with van der Waals surface area (Å²) < 4.78 is 0. The lowest BCUT2D eigenvalue weighted by molar-refractivity contribution is -0.122. The van der Waals surface area contributed by atoms with E-state index in [1.54, 1.807) is 6.92 Å². The molecule has 1 atom stereocenters. The van der Waals surface area contributed by atoms with Crippen molar-refractivity contribution in [3.8, 4) is 0 Å². The Kier molecular flexibility index (Phi) is 6.06. The first-order valence-corrected chi connectivity index (χ1v) is 6.86. The van der Waals surface area contributed by atoms with Gasteiger partial charge in [-0.15, -0.1) is 0 Å². The van der Waals surface area contributed by atoms with Crippen molar-refractivity contribution < 1.29 is 9.90 Å². The van der Waals surface area contributed by atoms with Crippen LogP contribution in [0.5, 0.6) is 0 Å². The highest BCUT2D eigenvalue weighted by Gasteiger charge is 2.29. The third-order valence-corrected chi connectivity index (χ3v) is 3.30. The Morgan fingerprint density at radius 2 is 1.83 bits per heavy atom. The quantitative estimate of drug-likeness (QED) is 0.710. The van der Waals surface area contributed by atoms with Crippen LogP contribution in [0.3, 0.4) is 0 Å². The van der Waals surface area contributed by atoms with Crippen LogP contribution < -0.4 is 0 Å². The van der Waals surface area contributed by atoms with E-state index in [0.29, 0.717) is 6.42 Å². The number of Topliss-reactive ketones (excluding diaryl/α,β-unsaturated/α-hetero) is 1. The number of hydrogen-bond acceptors (Lipinski definition) is 2. The largest absolute Gasteiger partial charge is 0.385 e. The van der Waals surface area contributed by atoms with Gasteiger partial charge in [0.2, 0.25) is 0 Å². The molecule has 0 bridgehead atoms. The lowest BCUT2D eigenvalue weighted by Crippen LogP contribution is -2.28. The fourth-order valence-corrected chi connectivity index (χ4v) is 2.34. The molecular weight excluding hydrogens is 224 g/mol. The van der Waals surface area contributed by atoms with Crippen LogP contribution in [0.4, 0.5) is 0 Å². The van der Waals surface area contributed by atoms with Gasteiger partial charge in [0.15, 0.2) is 0 Å². The van der Waals surface area contributed by atoms with Crippen LogP contribution in [-0.4, -0.2) is 10.9 Å². The minimum absolute atomic E-state index is 0.0387. The van der Waals surface area contributed by atoms with Gasteiger partial charge in [0, 0.05) is 6.42 Å². The third-order valence-electron chi connectivity index (χ3n) is 3.30. The van der Waals surface area contributed by atoms with Crippen LogP contribution in [0, 0.1) is 0 Å². The maximum atomic E-state index is 11.4. The van der Waals surface area contributed by atoms with E-state index >= 15 is 0 Å². The summed E-state index contributed by atoms with van der Waals surface area (Å²) in [6.45, 7) is 3.71. The molecule has 2 nitrogen and oxygen atoms in total. The fourth-order valence-electron chi connectivity index (χ4n) is 2.34. The Bertz CT molecular complexity index is 359. The molecule has 0 heterocycles. The normalized spacial score (nSPS) is 14.2. The zero-order chi connectivity index (χ0) is 13.4. The predicted molar refractivity (Wildman–Crippen MR) is 74.4 cm³/mol. The van der Waals surface area contributed by atoms with Gasteiger partial charge in [-0.2, -0.15) is 0 Å². The molecule has 0 amide bonds. The number of aliphatic hydroxyl groups is 1. The van der Waals surface area contributed by atoms with Crippen molar-refractivity contribution in [3.63, 3.8) is 0 Å². The summed E-state index contributed by atoms with van der Waals surface area (Å²) in [5.74, 6) is 0.0387. The van der Waals surface area contributed by atoms with Gasteiger partial charge in [-0.1, -0.05) is 62.9 Å². The van der Waals surface area contributed by atoms with Crippen molar-refractivity contribution in [1.82, 2.24) is 0 Å². The molecule has 1 rings (SSSR count). The molecule has 0 saturated heterocycles. The molecule has 0 fully saturated rings. The lowest BCUT2D eigenvalue weighted by atomic mass is 9.84. The van der Waals surface area contributed by atoms with Crippen LogP contribution >= 0.6 is 0 Å². The second kappa shape index (κ2) is 7.32. The highest BCUT2D eigenvalue weighted by Crippen LogP contribution is 2.31. The van der Waals surface area contributed by atoms with Gasteiger partial charge in [0.05, 0.1) is 5.60 Å². The maximum absolute atomic E-state index is 11.4. The van der Waals surface area contributed by atoms with Gasteiger partial charge in [-0.25, -0.2) is 0 Å². The predicted octanol–water partition coefficient (Wildman–Crippen LogP) is 3.82. The molecule has 0 radical (unpaired) electrons. The molecule has 0 aliphatic rings. The van der Waals surface area contributed by atoms with Gasteiger partial charge in [0.1, 0.15) is 5.78 Å². The third kappa shape index (κ3) is 4.61. The molecule has 0 aliphatic heterocycles. The zero-order valence-corrected chi connectivity index (χ0v) is 11.5. The van der Waals surface area contributed by atoms with Crippen LogP contribution in [-0.2, 0) is 10.4 Å². The zero-order valence-electron chi connectivity index (χ0n) is 11.5. The van der Waals surface area contributed by atoms with Crippen molar-refractivity contribution in [1.29, 1.82) is 0 Å². The monoisotopic (exact) mass is 248 g/mol. The standard InChI is InChI=1S/C16H24O2/c1-3-4-5-9-12-16(18,13-14(2)17)15-10-7-6-8-11-15/h6-8,10-11,18H,3-5,9,12-13H2,1-2H3. The van der Waals surface area contributed by atoms with Gasteiger partial charge < -0.3 is 5.11 Å². The molecule has 1 N–H and O–H groups in total. The number of hydrogen-bond donors (Lipinski definition) is 1. The van der Waals surface area contributed by atoms with Crippen molar-refractivity contribution in [3.05, 3.63) is 35.9 Å². The second-order valence-corrected chi connectivity index (χ2v) is 5.09. The van der Waals surface area contributed by atoms with Crippen molar-refractivity contribution in [2.24, 2.45) is 0 Å². The summed E-state index contributed by atoms with van der Waals surface area (Å²) in [5.41, 5.74) is -0.127. The Labute approximate surface area is 110 Å². The van der Waals surface area contributed by atoms with Crippen molar-refractivity contribution in [2.75, 3.05) is 0 Å². The van der Waals surface area contributed by atoms with Crippen LogP contribution in [0.15, 0.2) is 30.3 Å². The molecule has 100 valence electrons. The van der Waals surface area contributed by atoms with Gasteiger partial charge in [0.25, 0.3) is 0 Å². The Morgan fingerprint density at radius 3 is 2.39 bits per heavy atom. The molecule has 0 aliphatic carbocycles. The molecule has 2 heteroatoms. The number of carbonyl (C=O) groups is 1. The van der Waals surface area contributed by atoms with E-state index in [4.69, 9.17) is 0 Å². The first-order chi connectivity index (χ1) is 8.58. The molecule has 0 aromatic heterocycles. The fraction of sp³-hybridized carbons (Fsp3) is 0.562. The van der Waals surface area contributed by atoms with Crippen LogP contribution in [0.1, 0.15) is 57.9 Å². The SMILES string of the molecule is CCCCCCC(O)(CC(C)=O)c1ccccc1. The van der Waals surface area contributed by atoms with Gasteiger partial charge >= 0.3 is 0 Å². The van der Waals surface area contributed by atoms with E-state index in [2.05, 4.69) is 6.92 Å². The number of unbranched alkanes of at least 4 members (excludes halogenated alkanes) is 3. The average Bonchev–Trinajstić information content (AvgIpc) is 2.35. The van der Waals surface area contributed by atoms with E-state index in [-0.39, 0.29) is 12.2 Å². The number of ketones is 1. The molecule has 0 saturated carbocycles. The van der Waals surface area contributed by atoms with Crippen LogP contribution in [0.25, 0.3) is 0 Å². The minimum atomic E-state index is -0.985. The second-order valence-electron chi connectivity index (χ2n) is 5.09. The molecular formula is C16H24O2. The summed E-state index contributed by atoms with van der Waals surface area (Å²) in [5, 5.41) is 10.7. The van der Waals surface area contributed by atoms with Gasteiger partial charge in [-0.3, -0.25) is 4.79 Å². The molecule has 18 heavy (non-hydrogen) atoms. The highest BCUT2D eigenvalue weighted by atomic mass is 16.3. The van der Waals surface area contributed by atoms with E-state index in [1.807, 2.05) is 30.3 Å². The summed E-state index contributed by atoms with van der Waals surface area (Å²) in [4.78, 5) is 11.4. The summed E-state index contributed by atoms with van der Waals surface area (Å²) >= 11 is 0. The number of carbonyl (C=O) groups excluding carboxylic acids is 1. The first kappa shape index (κ1) is 14.9. The van der Waals surface area contributed by atoms with E-state index in [9.17, 15) is 9.90 Å². The lowest BCUT2D eigenvalue weighted by Gasteiger charge is -2.28. The molecule has 0 spiro atoms. The van der Waals surface area contributed by atoms with Crippen molar-refractivity contribution >= 4 is 5.78 Å². The summed E-state index contributed by atoms with van der Waals surface area (Å²) in [6, 6.07) is 9.55. The van der Waals surface area contributed by atoms with E-state index in [1.165, 1.54) is 12.8 Å². The molecule has 1 unspecified atom stereocenters. The van der Waals surface area contributed by atoms with Crippen molar-refractivity contribution in [2.45, 2.75) is 58.0 Å². The Hall–Kier alpha value is -1.15. The Balaban J connectivity index is 2.72. The average molecular weight is 248 g/mol. The highest BCUT2D eigenvalue weighted by molar-refractivity contribution is 5.76. The number of benzene rings is 1. The first-order valence-electron chi connectivity index (χ1n) is 6.86. The van der Waals surface area contributed by atoms with E-state index < -0.39 is 5.60 Å². The van der Waals surface area contributed by atoms with Gasteiger partial charge in [-0.05, 0) is 18.9 Å². The summed E-state index contributed by atoms with van der Waals surface area (Å²) in [7, 11) is 0. The summed E-state index contributed by atoms with van der Waals surface area (Å²) in [6.07, 6.45) is 5.32. The minimum Gasteiger partial charge on any atom is -0.385 e. The Morgan fingerprint density at radius 1 is 1.17 bits per heavy atom. The topological polar surface area (TPSA) is 37.3 Å². The molecule has 1 aromatic rings. The smallest absolute Gasteiger partial charge is 0.133 e. The molecule has 1 aromatic carbocycles.